The van der Waals surface area contributed by atoms with Gasteiger partial charge in [-0.25, -0.2) is 9.97 Å². The Labute approximate surface area is 164 Å². The fourth-order valence-electron chi connectivity index (χ4n) is 3.04. The molecular formula is C22H22N6. The molecule has 28 heavy (non-hydrogen) atoms. The number of aryl methyl sites for hydroxylation is 1. The van der Waals surface area contributed by atoms with E-state index in [1.165, 1.54) is 0 Å². The van der Waals surface area contributed by atoms with E-state index in [9.17, 15) is 0 Å². The van der Waals surface area contributed by atoms with Crippen LogP contribution < -0.4 is 16.0 Å². The van der Waals surface area contributed by atoms with Gasteiger partial charge < -0.3 is 16.0 Å². The molecular weight excluding hydrogens is 348 g/mol. The molecule has 1 aromatic carbocycles. The fourth-order valence-corrected chi connectivity index (χ4v) is 3.04. The average molecular weight is 370 g/mol. The predicted molar refractivity (Wildman–Crippen MR) is 115 cm³/mol. The Morgan fingerprint density at radius 1 is 0.964 bits per heavy atom. The molecule has 3 aromatic heterocycles. The molecule has 4 aromatic rings. The van der Waals surface area contributed by atoms with E-state index in [4.69, 9.17) is 10.7 Å². The van der Waals surface area contributed by atoms with Crippen LogP contribution in [0.5, 0.6) is 0 Å². The fraction of sp³-hybridized carbons (Fsp3) is 0.136. The Morgan fingerprint density at radius 2 is 1.82 bits per heavy atom. The van der Waals surface area contributed by atoms with Crippen LogP contribution in [0.4, 0.5) is 23.1 Å². The second kappa shape index (κ2) is 7.52. The molecule has 0 amide bonds. The molecule has 0 spiro atoms. The van der Waals surface area contributed by atoms with Crippen LogP contribution in [0.25, 0.3) is 10.9 Å². The van der Waals surface area contributed by atoms with Gasteiger partial charge >= 0.3 is 0 Å². The van der Waals surface area contributed by atoms with Gasteiger partial charge in [0.2, 0.25) is 0 Å². The lowest BCUT2D eigenvalue weighted by Gasteiger charge is -2.19. The number of aromatic nitrogens is 3. The van der Waals surface area contributed by atoms with Crippen molar-refractivity contribution >= 4 is 34.0 Å². The molecule has 0 radical (unpaired) electrons. The normalized spacial score (nSPS) is 10.8. The third-order valence-electron chi connectivity index (χ3n) is 4.60. The topological polar surface area (TPSA) is 80.0 Å². The minimum Gasteiger partial charge on any atom is -0.396 e. The van der Waals surface area contributed by atoms with Crippen LogP contribution >= 0.6 is 0 Å². The third kappa shape index (κ3) is 3.71. The zero-order chi connectivity index (χ0) is 19.5. The first kappa shape index (κ1) is 17.7. The summed E-state index contributed by atoms with van der Waals surface area (Å²) in [6.07, 6.45) is 1.80. The van der Waals surface area contributed by atoms with Crippen molar-refractivity contribution in [2.24, 2.45) is 0 Å². The summed E-state index contributed by atoms with van der Waals surface area (Å²) in [6.45, 7) is 2.59. The van der Waals surface area contributed by atoms with Gasteiger partial charge in [0.25, 0.3) is 0 Å². The highest BCUT2D eigenvalue weighted by molar-refractivity contribution is 5.79. The van der Waals surface area contributed by atoms with Crippen molar-refractivity contribution in [2.45, 2.75) is 13.5 Å². The van der Waals surface area contributed by atoms with Gasteiger partial charge in [-0.2, -0.15) is 0 Å². The molecule has 6 heteroatoms. The van der Waals surface area contributed by atoms with Crippen molar-refractivity contribution in [1.82, 2.24) is 15.0 Å². The van der Waals surface area contributed by atoms with Crippen molar-refractivity contribution in [3.63, 3.8) is 0 Å². The van der Waals surface area contributed by atoms with E-state index in [-0.39, 0.29) is 0 Å². The van der Waals surface area contributed by atoms with Gasteiger partial charge in [-0.3, -0.25) is 4.98 Å². The number of benzene rings is 1. The summed E-state index contributed by atoms with van der Waals surface area (Å²) in [5.41, 5.74) is 9.83. The number of rotatable bonds is 5. The van der Waals surface area contributed by atoms with Crippen LogP contribution in [0, 0.1) is 6.92 Å². The van der Waals surface area contributed by atoms with Crippen LogP contribution in [-0.4, -0.2) is 22.0 Å². The highest BCUT2D eigenvalue weighted by atomic mass is 15.2. The van der Waals surface area contributed by atoms with Crippen LogP contribution in [-0.2, 0) is 6.54 Å². The number of nitrogens with one attached hydrogen (secondary N) is 1. The second-order valence-electron chi connectivity index (χ2n) is 6.69. The first-order valence-electron chi connectivity index (χ1n) is 9.11. The standard InChI is InChI=1S/C22H22N6/c1-15-5-3-7-20(26-15)28(2)21-11-9-18(23)22(27-21)25-14-16-8-10-19-17(13-16)6-4-12-24-19/h3-13H,14,23H2,1-2H3,(H,25,27). The number of hydrogen-bond acceptors (Lipinski definition) is 6. The minimum absolute atomic E-state index is 0.608. The minimum atomic E-state index is 0.608. The number of fused-ring (bicyclic) bond motifs is 1. The Hall–Kier alpha value is -3.67. The Balaban J connectivity index is 1.55. The molecule has 140 valence electrons. The molecule has 0 aliphatic heterocycles. The first-order chi connectivity index (χ1) is 13.6. The molecule has 0 fully saturated rings. The molecule has 0 bridgehead atoms. The quantitative estimate of drug-likeness (QED) is 0.545. The van der Waals surface area contributed by atoms with Crippen molar-refractivity contribution in [3.8, 4) is 0 Å². The van der Waals surface area contributed by atoms with Crippen molar-refractivity contribution in [3.05, 3.63) is 78.1 Å². The largest absolute Gasteiger partial charge is 0.396 e. The van der Waals surface area contributed by atoms with E-state index in [1.807, 2.05) is 61.3 Å². The number of anilines is 4. The van der Waals surface area contributed by atoms with E-state index in [0.29, 0.717) is 18.1 Å². The van der Waals surface area contributed by atoms with E-state index in [2.05, 4.69) is 33.5 Å². The van der Waals surface area contributed by atoms with Crippen molar-refractivity contribution < 1.29 is 0 Å². The Bertz CT molecular complexity index is 1120. The predicted octanol–water partition coefficient (Wildman–Crippen LogP) is 4.30. The van der Waals surface area contributed by atoms with Gasteiger partial charge in [0.05, 0.1) is 11.2 Å². The lowest BCUT2D eigenvalue weighted by atomic mass is 10.1. The van der Waals surface area contributed by atoms with E-state index >= 15 is 0 Å². The van der Waals surface area contributed by atoms with Gasteiger partial charge in [-0.1, -0.05) is 18.2 Å². The Morgan fingerprint density at radius 3 is 2.68 bits per heavy atom. The van der Waals surface area contributed by atoms with Gasteiger partial charge in [0.1, 0.15) is 11.6 Å². The van der Waals surface area contributed by atoms with Crippen LogP contribution in [0.15, 0.2) is 66.9 Å². The van der Waals surface area contributed by atoms with E-state index < -0.39 is 0 Å². The summed E-state index contributed by atoms with van der Waals surface area (Å²) >= 11 is 0. The zero-order valence-corrected chi connectivity index (χ0v) is 15.9. The molecule has 3 heterocycles. The summed E-state index contributed by atoms with van der Waals surface area (Å²) in [7, 11) is 1.94. The van der Waals surface area contributed by atoms with Crippen molar-refractivity contribution in [1.29, 1.82) is 0 Å². The monoisotopic (exact) mass is 370 g/mol. The molecule has 4 rings (SSSR count). The molecule has 0 aliphatic carbocycles. The lowest BCUT2D eigenvalue weighted by Crippen LogP contribution is -2.14. The first-order valence-corrected chi connectivity index (χ1v) is 9.11. The maximum atomic E-state index is 6.14. The summed E-state index contributed by atoms with van der Waals surface area (Å²) in [5.74, 6) is 2.27. The molecule has 3 N–H and O–H groups in total. The zero-order valence-electron chi connectivity index (χ0n) is 15.9. The maximum Gasteiger partial charge on any atom is 0.151 e. The van der Waals surface area contributed by atoms with Crippen molar-refractivity contribution in [2.75, 3.05) is 23.0 Å². The third-order valence-corrected chi connectivity index (χ3v) is 4.60. The molecule has 6 nitrogen and oxygen atoms in total. The highest BCUT2D eigenvalue weighted by Crippen LogP contribution is 2.25. The smallest absolute Gasteiger partial charge is 0.151 e. The van der Waals surface area contributed by atoms with Crippen LogP contribution in [0.3, 0.4) is 0 Å². The molecule has 0 saturated carbocycles. The molecule has 0 saturated heterocycles. The number of hydrogen-bond donors (Lipinski definition) is 2. The van der Waals surface area contributed by atoms with E-state index in [1.54, 1.807) is 6.20 Å². The summed E-state index contributed by atoms with van der Waals surface area (Å²) in [6, 6.07) is 19.9. The molecule has 0 aliphatic rings. The number of pyridine rings is 3. The van der Waals surface area contributed by atoms with E-state index in [0.717, 1.165) is 33.8 Å². The maximum absolute atomic E-state index is 6.14. The number of nitrogen functional groups attached to an aromatic ring is 1. The molecule has 0 unspecified atom stereocenters. The summed E-state index contributed by atoms with van der Waals surface area (Å²) in [4.78, 5) is 15.5. The SMILES string of the molecule is Cc1cccc(N(C)c2ccc(N)c(NCc3ccc4ncccc4c3)n2)n1. The van der Waals surface area contributed by atoms with Gasteiger partial charge in [-0.05, 0) is 55.0 Å². The molecule has 0 atom stereocenters. The average Bonchev–Trinajstić information content (AvgIpc) is 2.72. The van der Waals surface area contributed by atoms with Gasteiger partial charge in [0, 0.05) is 30.9 Å². The van der Waals surface area contributed by atoms with Crippen LogP contribution in [0.2, 0.25) is 0 Å². The Kier molecular flexibility index (Phi) is 4.76. The van der Waals surface area contributed by atoms with Gasteiger partial charge in [0.15, 0.2) is 5.82 Å². The second-order valence-corrected chi connectivity index (χ2v) is 6.69. The summed E-state index contributed by atoms with van der Waals surface area (Å²) in [5, 5.41) is 4.46. The lowest BCUT2D eigenvalue weighted by molar-refractivity contribution is 1.04. The highest BCUT2D eigenvalue weighted by Gasteiger charge is 2.10. The summed E-state index contributed by atoms with van der Waals surface area (Å²) < 4.78 is 0. The van der Waals surface area contributed by atoms with Gasteiger partial charge in [-0.15, -0.1) is 0 Å². The van der Waals surface area contributed by atoms with Crippen LogP contribution in [0.1, 0.15) is 11.3 Å². The number of nitrogens with two attached hydrogens (primary N) is 1. The number of nitrogens with zero attached hydrogens (tertiary/aromatic N) is 4.